The van der Waals surface area contributed by atoms with Crippen molar-refractivity contribution >= 4 is 24.4 Å². The van der Waals surface area contributed by atoms with Crippen LogP contribution < -0.4 is 5.73 Å². The molecule has 1 aromatic carbocycles. The molecule has 1 aromatic rings. The molecule has 0 amide bonds. The second-order valence-electron chi connectivity index (χ2n) is 2.31. The molecule has 0 aliphatic heterocycles. The number of hydrogen-bond donors (Lipinski definition) is 3. The summed E-state index contributed by atoms with van der Waals surface area (Å²) < 4.78 is 0. The van der Waals surface area contributed by atoms with Crippen LogP contribution in [0.4, 0.5) is 0 Å². The Hall–Kier alpha value is -1.22. The third-order valence-electron chi connectivity index (χ3n) is 1.54. The molecule has 0 aliphatic carbocycles. The molecule has 2 nitrogen and oxygen atoms in total. The first kappa shape index (κ1) is 8.87. The zero-order valence-corrected chi connectivity index (χ0v) is 7.38. The highest BCUT2D eigenvalue weighted by Crippen LogP contribution is 2.13. The predicted octanol–water partition coefficient (Wildman–Crippen LogP) is 1.92. The fraction of sp³-hybridized carbons (Fsp3) is 0. The molecule has 0 fully saturated rings. The van der Waals surface area contributed by atoms with Crippen LogP contribution in [0.2, 0.25) is 0 Å². The maximum Gasteiger partial charge on any atom is 0.0270 e. The molecular formula is C9H10N2S. The van der Waals surface area contributed by atoms with Crippen molar-refractivity contribution in [3.05, 3.63) is 36.0 Å². The van der Waals surface area contributed by atoms with Gasteiger partial charge >= 0.3 is 0 Å². The van der Waals surface area contributed by atoms with Crippen molar-refractivity contribution in [3.8, 4) is 0 Å². The van der Waals surface area contributed by atoms with Crippen molar-refractivity contribution in [2.45, 2.75) is 4.90 Å². The molecule has 1 rings (SSSR count). The molecule has 0 saturated heterocycles. The van der Waals surface area contributed by atoms with Crippen molar-refractivity contribution in [2.75, 3.05) is 0 Å². The Bertz CT molecular complexity index is 301. The molecule has 0 radical (unpaired) electrons. The molecule has 0 saturated carbocycles. The van der Waals surface area contributed by atoms with Crippen molar-refractivity contribution < 1.29 is 0 Å². The van der Waals surface area contributed by atoms with Crippen LogP contribution in [-0.2, 0) is 0 Å². The lowest BCUT2D eigenvalue weighted by Gasteiger charge is -1.99. The number of rotatable bonds is 2. The number of allylic oxidation sites excluding steroid dienone is 1. The minimum Gasteiger partial charge on any atom is -0.404 e. The molecule has 3 heteroatoms. The molecule has 0 heterocycles. The highest BCUT2D eigenvalue weighted by atomic mass is 32.1. The maximum atomic E-state index is 7.06. The summed E-state index contributed by atoms with van der Waals surface area (Å²) in [5, 5.41) is 7.06. The van der Waals surface area contributed by atoms with E-state index in [2.05, 4.69) is 12.6 Å². The Balaban J connectivity index is 3.04. The summed E-state index contributed by atoms with van der Waals surface area (Å²) in [6.45, 7) is 0. The van der Waals surface area contributed by atoms with Gasteiger partial charge in [0.15, 0.2) is 0 Å². The first-order chi connectivity index (χ1) is 5.77. The molecule has 0 unspecified atom stereocenters. The molecule has 0 atom stereocenters. The van der Waals surface area contributed by atoms with Crippen LogP contribution in [0.15, 0.2) is 35.4 Å². The summed E-state index contributed by atoms with van der Waals surface area (Å²) in [5.74, 6) is 0. The van der Waals surface area contributed by atoms with E-state index in [0.29, 0.717) is 5.57 Å². The number of hydrogen-bond acceptors (Lipinski definition) is 3. The lowest BCUT2D eigenvalue weighted by atomic mass is 10.1. The quantitative estimate of drug-likeness (QED) is 0.470. The van der Waals surface area contributed by atoms with Gasteiger partial charge in [0.2, 0.25) is 0 Å². The first-order valence-corrected chi connectivity index (χ1v) is 3.94. The maximum absolute atomic E-state index is 7.06. The summed E-state index contributed by atoms with van der Waals surface area (Å²) in [6, 6.07) is 7.50. The molecule has 62 valence electrons. The molecule has 0 aromatic heterocycles. The Kier molecular flexibility index (Phi) is 2.94. The van der Waals surface area contributed by atoms with Crippen LogP contribution in [-0.4, -0.2) is 6.21 Å². The molecular weight excluding hydrogens is 168 g/mol. The van der Waals surface area contributed by atoms with E-state index in [9.17, 15) is 0 Å². The Morgan fingerprint density at radius 2 is 1.92 bits per heavy atom. The summed E-state index contributed by atoms with van der Waals surface area (Å²) in [7, 11) is 0. The first-order valence-electron chi connectivity index (χ1n) is 3.49. The third-order valence-corrected chi connectivity index (χ3v) is 1.83. The number of thiol groups is 1. The summed E-state index contributed by atoms with van der Waals surface area (Å²) in [4.78, 5) is 0.903. The molecule has 0 bridgehead atoms. The van der Waals surface area contributed by atoms with Gasteiger partial charge in [0.1, 0.15) is 0 Å². The highest BCUT2D eigenvalue weighted by Gasteiger charge is 1.95. The lowest BCUT2D eigenvalue weighted by molar-refractivity contribution is 1.44. The van der Waals surface area contributed by atoms with Crippen LogP contribution in [0.3, 0.4) is 0 Å². The predicted molar refractivity (Wildman–Crippen MR) is 54.6 cm³/mol. The zero-order chi connectivity index (χ0) is 8.97. The van der Waals surface area contributed by atoms with Gasteiger partial charge in [-0.1, -0.05) is 12.1 Å². The third kappa shape index (κ3) is 1.89. The normalized spacial score (nSPS) is 11.2. The van der Waals surface area contributed by atoms with E-state index in [1.807, 2.05) is 24.3 Å². The lowest BCUT2D eigenvalue weighted by Crippen LogP contribution is -1.89. The van der Waals surface area contributed by atoms with Crippen molar-refractivity contribution in [3.63, 3.8) is 0 Å². The fourth-order valence-electron chi connectivity index (χ4n) is 0.882. The van der Waals surface area contributed by atoms with Crippen LogP contribution in [0.5, 0.6) is 0 Å². The van der Waals surface area contributed by atoms with Gasteiger partial charge in [0.05, 0.1) is 0 Å². The van der Waals surface area contributed by atoms with E-state index < -0.39 is 0 Å². The average Bonchev–Trinajstić information content (AvgIpc) is 2.10. The van der Waals surface area contributed by atoms with Crippen molar-refractivity contribution in [2.24, 2.45) is 5.73 Å². The second-order valence-corrected chi connectivity index (χ2v) is 2.83. The van der Waals surface area contributed by atoms with Crippen LogP contribution in [0.1, 0.15) is 5.56 Å². The summed E-state index contributed by atoms with van der Waals surface area (Å²) in [6.07, 6.45) is 2.65. The van der Waals surface area contributed by atoms with Gasteiger partial charge in [-0.3, -0.25) is 0 Å². The molecule has 0 spiro atoms. The van der Waals surface area contributed by atoms with Gasteiger partial charge in [-0.15, -0.1) is 12.6 Å². The van der Waals surface area contributed by atoms with E-state index in [-0.39, 0.29) is 0 Å². The average molecular weight is 178 g/mol. The fourth-order valence-corrected chi connectivity index (χ4v) is 1.03. The number of nitrogens with two attached hydrogens (primary N) is 1. The number of benzene rings is 1. The Labute approximate surface area is 77.0 Å². The number of nitrogens with one attached hydrogen (secondary N) is 1. The van der Waals surface area contributed by atoms with Gasteiger partial charge in [-0.2, -0.15) is 0 Å². The van der Waals surface area contributed by atoms with Crippen molar-refractivity contribution in [1.82, 2.24) is 0 Å². The minimum atomic E-state index is 0.711. The van der Waals surface area contributed by atoms with Crippen molar-refractivity contribution in [1.29, 1.82) is 5.41 Å². The zero-order valence-electron chi connectivity index (χ0n) is 6.49. The molecule has 3 N–H and O–H groups in total. The monoisotopic (exact) mass is 178 g/mol. The van der Waals surface area contributed by atoms with E-state index in [4.69, 9.17) is 11.1 Å². The van der Waals surface area contributed by atoms with Crippen LogP contribution in [0, 0.1) is 5.41 Å². The SMILES string of the molecule is N=C/C(=C\N)c1ccc(S)cc1. The Morgan fingerprint density at radius 3 is 2.33 bits per heavy atom. The second kappa shape index (κ2) is 3.97. The Morgan fingerprint density at radius 1 is 1.33 bits per heavy atom. The van der Waals surface area contributed by atoms with E-state index >= 15 is 0 Å². The summed E-state index contributed by atoms with van der Waals surface area (Å²) >= 11 is 4.15. The molecule has 0 aliphatic rings. The highest BCUT2D eigenvalue weighted by molar-refractivity contribution is 7.80. The van der Waals surface area contributed by atoms with Gasteiger partial charge in [0.25, 0.3) is 0 Å². The van der Waals surface area contributed by atoms with Gasteiger partial charge in [0, 0.05) is 22.9 Å². The van der Waals surface area contributed by atoms with E-state index in [1.165, 1.54) is 12.4 Å². The van der Waals surface area contributed by atoms with Crippen LogP contribution >= 0.6 is 12.6 Å². The van der Waals surface area contributed by atoms with E-state index in [0.717, 1.165) is 10.5 Å². The van der Waals surface area contributed by atoms with Crippen LogP contribution in [0.25, 0.3) is 5.57 Å². The standard InChI is InChI=1S/C9H10N2S/c10-5-8(6-11)7-1-3-9(12)4-2-7/h1-6,10,12H,11H2/b8-6+,10-5?. The topological polar surface area (TPSA) is 49.9 Å². The van der Waals surface area contributed by atoms with Gasteiger partial charge < -0.3 is 11.1 Å². The van der Waals surface area contributed by atoms with Gasteiger partial charge in [-0.25, -0.2) is 0 Å². The summed E-state index contributed by atoms with van der Waals surface area (Å²) in [5.41, 5.74) is 6.97. The molecule has 12 heavy (non-hydrogen) atoms. The van der Waals surface area contributed by atoms with E-state index in [1.54, 1.807) is 0 Å². The smallest absolute Gasteiger partial charge is 0.0270 e. The largest absolute Gasteiger partial charge is 0.404 e. The van der Waals surface area contributed by atoms with Gasteiger partial charge in [-0.05, 0) is 17.7 Å². The minimum absolute atomic E-state index is 0.711.